The summed E-state index contributed by atoms with van der Waals surface area (Å²) in [6.07, 6.45) is 3.45. The zero-order chi connectivity index (χ0) is 19.7. The number of H-pyrrole nitrogens is 1. The number of carbonyl (C=O) groups is 1. The first-order valence-electron chi connectivity index (χ1n) is 8.67. The summed E-state index contributed by atoms with van der Waals surface area (Å²) in [5.74, 6) is -0.390. The number of carbonyl (C=O) groups excluding carboxylic acids is 1. The number of aromatic amines is 1. The largest absolute Gasteiger partial charge is 0.339 e. The molecule has 0 aliphatic rings. The molecule has 1 aromatic carbocycles. The highest BCUT2D eigenvalue weighted by Gasteiger charge is 2.11. The Morgan fingerprint density at radius 1 is 1.11 bits per heavy atom. The highest BCUT2D eigenvalue weighted by molar-refractivity contribution is 5.86. The second-order valence-corrected chi connectivity index (χ2v) is 6.58. The van der Waals surface area contributed by atoms with Crippen LogP contribution in [0.5, 0.6) is 0 Å². The van der Waals surface area contributed by atoms with Crippen LogP contribution in [-0.4, -0.2) is 20.7 Å². The molecule has 0 saturated heterocycles. The van der Waals surface area contributed by atoms with Crippen LogP contribution < -0.4 is 0 Å². The maximum Gasteiger partial charge on any atom is 0.140 e. The Hall–Kier alpha value is -3.85. The molecule has 28 heavy (non-hydrogen) atoms. The molecule has 1 N–H and O–H groups in total. The van der Waals surface area contributed by atoms with Gasteiger partial charge in [-0.2, -0.15) is 5.26 Å². The molecule has 0 aliphatic heterocycles. The summed E-state index contributed by atoms with van der Waals surface area (Å²) >= 11 is 0. The van der Waals surface area contributed by atoms with Gasteiger partial charge in [-0.15, -0.1) is 0 Å². The van der Waals surface area contributed by atoms with Gasteiger partial charge in [0.2, 0.25) is 0 Å². The van der Waals surface area contributed by atoms with Crippen LogP contribution in [-0.2, 0) is 11.2 Å². The zero-order valence-corrected chi connectivity index (χ0v) is 15.0. The van der Waals surface area contributed by atoms with Crippen LogP contribution >= 0.6 is 0 Å². The molecule has 3 heterocycles. The fourth-order valence-corrected chi connectivity index (χ4v) is 3.13. The van der Waals surface area contributed by atoms with Crippen molar-refractivity contribution < 1.29 is 9.18 Å². The molecule has 0 unspecified atom stereocenters. The lowest BCUT2D eigenvalue weighted by atomic mass is 10.0. The van der Waals surface area contributed by atoms with E-state index in [2.05, 4.69) is 15.0 Å². The van der Waals surface area contributed by atoms with Crippen LogP contribution in [0, 0.1) is 17.1 Å². The zero-order valence-electron chi connectivity index (χ0n) is 15.0. The first-order valence-corrected chi connectivity index (χ1v) is 8.67. The average Bonchev–Trinajstić information content (AvgIpc) is 3.11. The number of nitriles is 1. The van der Waals surface area contributed by atoms with Crippen molar-refractivity contribution in [2.45, 2.75) is 13.3 Å². The summed E-state index contributed by atoms with van der Waals surface area (Å²) in [5, 5.41) is 9.69. The van der Waals surface area contributed by atoms with E-state index in [4.69, 9.17) is 5.26 Å². The van der Waals surface area contributed by atoms with Crippen molar-refractivity contribution in [2.75, 3.05) is 0 Å². The van der Waals surface area contributed by atoms with E-state index in [1.165, 1.54) is 13.0 Å². The van der Waals surface area contributed by atoms with Crippen molar-refractivity contribution in [1.29, 1.82) is 5.26 Å². The molecule has 3 aromatic heterocycles. The van der Waals surface area contributed by atoms with Gasteiger partial charge < -0.3 is 4.98 Å². The number of benzene rings is 1. The molecule has 0 saturated carbocycles. The smallest absolute Gasteiger partial charge is 0.140 e. The lowest BCUT2D eigenvalue weighted by Gasteiger charge is -2.05. The van der Waals surface area contributed by atoms with E-state index in [9.17, 15) is 9.18 Å². The number of pyridine rings is 2. The number of nitrogens with one attached hydrogen (secondary N) is 1. The molecule has 0 radical (unpaired) electrons. The van der Waals surface area contributed by atoms with Crippen LogP contribution in [0.25, 0.3) is 33.4 Å². The third-order valence-electron chi connectivity index (χ3n) is 4.46. The topological polar surface area (TPSA) is 82.4 Å². The number of ketones is 1. The Kier molecular flexibility index (Phi) is 4.42. The normalized spacial score (nSPS) is 10.8. The van der Waals surface area contributed by atoms with Gasteiger partial charge in [-0.25, -0.2) is 14.4 Å². The Labute approximate surface area is 160 Å². The molecule has 0 atom stereocenters. The summed E-state index contributed by atoms with van der Waals surface area (Å²) in [6, 6.07) is 14.1. The van der Waals surface area contributed by atoms with Crippen LogP contribution in [0.2, 0.25) is 0 Å². The monoisotopic (exact) mass is 370 g/mol. The Bertz CT molecular complexity index is 1240. The quantitative estimate of drug-likeness (QED) is 0.576. The molecule has 5 nitrogen and oxygen atoms in total. The SMILES string of the molecule is CC(=O)Cc1ccc(-c2cnc3[nH]c(-c4ccc(C#N)nc4)cc3c2)c(F)c1. The van der Waals surface area contributed by atoms with Crippen molar-refractivity contribution in [3.05, 3.63) is 71.9 Å². The van der Waals surface area contributed by atoms with Crippen molar-refractivity contribution in [3.8, 4) is 28.5 Å². The molecular weight excluding hydrogens is 355 g/mol. The maximum atomic E-state index is 14.5. The summed E-state index contributed by atoms with van der Waals surface area (Å²) < 4.78 is 14.5. The number of aromatic nitrogens is 3. The maximum absolute atomic E-state index is 14.5. The minimum atomic E-state index is -0.382. The van der Waals surface area contributed by atoms with Crippen molar-refractivity contribution in [3.63, 3.8) is 0 Å². The van der Waals surface area contributed by atoms with Crippen LogP contribution in [0.4, 0.5) is 4.39 Å². The first-order chi connectivity index (χ1) is 13.5. The van der Waals surface area contributed by atoms with Crippen molar-refractivity contribution in [1.82, 2.24) is 15.0 Å². The fourth-order valence-electron chi connectivity index (χ4n) is 3.13. The van der Waals surface area contributed by atoms with E-state index in [1.54, 1.807) is 30.6 Å². The van der Waals surface area contributed by atoms with Gasteiger partial charge in [0.15, 0.2) is 0 Å². The van der Waals surface area contributed by atoms with E-state index >= 15 is 0 Å². The van der Waals surface area contributed by atoms with Gasteiger partial charge in [-0.05, 0) is 42.8 Å². The third kappa shape index (κ3) is 3.38. The lowest BCUT2D eigenvalue weighted by Crippen LogP contribution is -1.97. The van der Waals surface area contributed by atoms with Gasteiger partial charge in [0.25, 0.3) is 0 Å². The van der Waals surface area contributed by atoms with E-state index in [1.807, 2.05) is 24.3 Å². The van der Waals surface area contributed by atoms with Gasteiger partial charge in [-0.3, -0.25) is 4.79 Å². The second-order valence-electron chi connectivity index (χ2n) is 6.58. The molecule has 0 amide bonds. The average molecular weight is 370 g/mol. The molecule has 6 heteroatoms. The molecule has 0 aliphatic carbocycles. The Balaban J connectivity index is 1.70. The van der Waals surface area contributed by atoms with Gasteiger partial charge in [0.05, 0.1) is 0 Å². The number of nitrogens with zero attached hydrogens (tertiary/aromatic N) is 3. The van der Waals surface area contributed by atoms with E-state index in [0.29, 0.717) is 28.0 Å². The lowest BCUT2D eigenvalue weighted by molar-refractivity contribution is -0.116. The summed E-state index contributed by atoms with van der Waals surface area (Å²) in [7, 11) is 0. The van der Waals surface area contributed by atoms with E-state index in [-0.39, 0.29) is 18.0 Å². The van der Waals surface area contributed by atoms with Crippen LogP contribution in [0.3, 0.4) is 0 Å². The number of Topliss-reactive ketones (excluding diaryl/α,β-unsaturated/α-hetero) is 1. The molecule has 0 bridgehead atoms. The standard InChI is InChI=1S/C22H15FN4O/c1-13(28)6-14-2-5-19(20(23)7-14)17-8-16-9-21(27-22(16)26-12-17)15-3-4-18(10-24)25-11-15/h2-5,7-9,11-12H,6H2,1H3,(H,26,27). The van der Waals surface area contributed by atoms with Gasteiger partial charge in [0, 0.05) is 46.6 Å². The predicted octanol–water partition coefficient (Wildman–Crippen LogP) is 4.43. The number of halogens is 1. The molecular formula is C22H15FN4O. The highest BCUT2D eigenvalue weighted by Crippen LogP contribution is 2.28. The number of hydrogen-bond donors (Lipinski definition) is 1. The third-order valence-corrected chi connectivity index (χ3v) is 4.46. The summed E-state index contributed by atoms with van der Waals surface area (Å²) in [4.78, 5) is 22.9. The van der Waals surface area contributed by atoms with Gasteiger partial charge in [-0.1, -0.05) is 12.1 Å². The van der Waals surface area contributed by atoms with Crippen LogP contribution in [0.15, 0.2) is 54.9 Å². The fraction of sp³-hybridized carbons (Fsp3) is 0.0909. The highest BCUT2D eigenvalue weighted by atomic mass is 19.1. The molecule has 0 spiro atoms. The molecule has 4 aromatic rings. The number of hydrogen-bond acceptors (Lipinski definition) is 4. The van der Waals surface area contributed by atoms with Gasteiger partial charge >= 0.3 is 0 Å². The van der Waals surface area contributed by atoms with Crippen LogP contribution in [0.1, 0.15) is 18.2 Å². The summed E-state index contributed by atoms with van der Waals surface area (Å²) in [5.41, 5.74) is 4.42. The molecule has 0 fully saturated rings. The summed E-state index contributed by atoms with van der Waals surface area (Å²) in [6.45, 7) is 1.48. The molecule has 4 rings (SSSR count). The Morgan fingerprint density at radius 3 is 2.61 bits per heavy atom. The van der Waals surface area contributed by atoms with E-state index < -0.39 is 0 Å². The second kappa shape index (κ2) is 7.05. The van der Waals surface area contributed by atoms with Gasteiger partial charge in [0.1, 0.15) is 29.0 Å². The number of rotatable bonds is 4. The predicted molar refractivity (Wildman–Crippen MR) is 104 cm³/mol. The minimum Gasteiger partial charge on any atom is -0.339 e. The first kappa shape index (κ1) is 17.6. The van der Waals surface area contributed by atoms with Crippen molar-refractivity contribution in [2.24, 2.45) is 0 Å². The van der Waals surface area contributed by atoms with Crippen molar-refractivity contribution >= 4 is 16.8 Å². The minimum absolute atomic E-state index is 0.00705. The molecule has 136 valence electrons. The number of fused-ring (bicyclic) bond motifs is 1. The van der Waals surface area contributed by atoms with E-state index in [0.717, 1.165) is 16.6 Å². The Morgan fingerprint density at radius 2 is 1.93 bits per heavy atom.